The average Bonchev–Trinajstić information content (AvgIpc) is 2.90. The van der Waals surface area contributed by atoms with E-state index in [4.69, 9.17) is 14.2 Å². The van der Waals surface area contributed by atoms with Crippen LogP contribution in [0.15, 0.2) is 48.9 Å². The van der Waals surface area contributed by atoms with Crippen molar-refractivity contribution in [3.05, 3.63) is 71.8 Å². The fourth-order valence-corrected chi connectivity index (χ4v) is 3.99. The molecule has 1 aromatic carbocycles. The number of fused-ring (bicyclic) bond motifs is 1. The molecule has 12 heteroatoms. The van der Waals surface area contributed by atoms with Crippen LogP contribution in [0.25, 0.3) is 10.9 Å². The lowest BCUT2D eigenvalue weighted by molar-refractivity contribution is -0.170. The number of benzene rings is 1. The minimum absolute atomic E-state index is 0.194. The van der Waals surface area contributed by atoms with E-state index in [1.807, 2.05) is 0 Å². The number of halogens is 3. The van der Waals surface area contributed by atoms with Gasteiger partial charge in [0, 0.05) is 23.8 Å². The number of aromatic nitrogens is 4. The molecule has 3 aromatic heterocycles. The number of nitrogens with one attached hydrogen (secondary N) is 1. The first-order chi connectivity index (χ1) is 18.9. The third kappa shape index (κ3) is 6.01. The number of anilines is 1. The van der Waals surface area contributed by atoms with Gasteiger partial charge in [0.1, 0.15) is 36.2 Å². The van der Waals surface area contributed by atoms with Crippen molar-refractivity contribution in [3.63, 3.8) is 0 Å². The van der Waals surface area contributed by atoms with Crippen molar-refractivity contribution in [2.24, 2.45) is 0 Å². The molecule has 0 amide bonds. The Labute approximate surface area is 229 Å². The molecule has 3 heterocycles. The number of nitrogens with zero attached hydrogens (tertiary/aromatic N) is 4. The summed E-state index contributed by atoms with van der Waals surface area (Å²) in [5, 5.41) is 13.5. The van der Waals surface area contributed by atoms with Gasteiger partial charge in [-0.3, -0.25) is 9.97 Å². The molecular weight excluding hydrogens is 527 g/mol. The highest BCUT2D eigenvalue weighted by Gasteiger charge is 2.49. The van der Waals surface area contributed by atoms with E-state index in [1.165, 1.54) is 7.11 Å². The second-order valence-corrected chi connectivity index (χ2v) is 9.58. The number of pyridine rings is 2. The minimum Gasteiger partial charge on any atom is -0.493 e. The molecule has 0 radical (unpaired) electrons. The normalized spacial score (nSPS) is 12.7. The zero-order valence-corrected chi connectivity index (χ0v) is 22.7. The predicted molar refractivity (Wildman–Crippen MR) is 142 cm³/mol. The van der Waals surface area contributed by atoms with Crippen molar-refractivity contribution in [1.29, 1.82) is 0 Å². The lowest BCUT2D eigenvalue weighted by Crippen LogP contribution is -2.41. The molecule has 0 bridgehead atoms. The molecule has 0 aliphatic carbocycles. The Hall–Kier alpha value is -4.19. The number of aryl methyl sites for hydroxylation is 1. The van der Waals surface area contributed by atoms with Crippen molar-refractivity contribution in [2.45, 2.75) is 45.3 Å². The van der Waals surface area contributed by atoms with Gasteiger partial charge in [-0.2, -0.15) is 8.78 Å². The van der Waals surface area contributed by atoms with Crippen molar-refractivity contribution in [1.82, 2.24) is 19.9 Å². The zero-order valence-electron chi connectivity index (χ0n) is 22.7. The van der Waals surface area contributed by atoms with Crippen molar-refractivity contribution in [3.8, 4) is 17.2 Å². The van der Waals surface area contributed by atoms with Gasteiger partial charge in [0.25, 0.3) is 0 Å². The van der Waals surface area contributed by atoms with E-state index in [1.54, 1.807) is 50.5 Å². The first-order valence-electron chi connectivity index (χ1n) is 12.5. The van der Waals surface area contributed by atoms with E-state index in [0.29, 0.717) is 39.8 Å². The Balaban J connectivity index is 1.62. The summed E-state index contributed by atoms with van der Waals surface area (Å²) in [5.41, 5.74) is -3.17. The topological polar surface area (TPSA) is 112 Å². The lowest BCUT2D eigenvalue weighted by atomic mass is 9.92. The highest BCUT2D eigenvalue weighted by atomic mass is 19.3. The van der Waals surface area contributed by atoms with Gasteiger partial charge in [0.2, 0.25) is 0 Å². The molecule has 0 saturated heterocycles. The number of ether oxygens (including phenoxy) is 3. The minimum atomic E-state index is -3.85. The van der Waals surface area contributed by atoms with Crippen molar-refractivity contribution >= 4 is 16.7 Å². The van der Waals surface area contributed by atoms with Gasteiger partial charge in [-0.25, -0.2) is 14.4 Å². The van der Waals surface area contributed by atoms with Gasteiger partial charge < -0.3 is 24.6 Å². The summed E-state index contributed by atoms with van der Waals surface area (Å²) in [7, 11) is 1.50. The maximum Gasteiger partial charge on any atom is 0.303 e. The van der Waals surface area contributed by atoms with Crippen LogP contribution in [0.2, 0.25) is 0 Å². The summed E-state index contributed by atoms with van der Waals surface area (Å²) in [5.74, 6) is -2.91. The quantitative estimate of drug-likeness (QED) is 0.235. The molecular formula is C28H30F3N5O4. The summed E-state index contributed by atoms with van der Waals surface area (Å²) >= 11 is 0. The fraction of sp³-hybridized carbons (Fsp3) is 0.357. The monoisotopic (exact) mass is 557 g/mol. The van der Waals surface area contributed by atoms with Crippen LogP contribution in [0.5, 0.6) is 17.2 Å². The molecule has 212 valence electrons. The Morgan fingerprint density at radius 3 is 2.48 bits per heavy atom. The summed E-state index contributed by atoms with van der Waals surface area (Å²) in [4.78, 5) is 16.9. The van der Waals surface area contributed by atoms with Gasteiger partial charge >= 0.3 is 5.92 Å². The third-order valence-corrected chi connectivity index (χ3v) is 6.12. The molecule has 2 N–H and O–H groups in total. The Morgan fingerprint density at radius 1 is 1.05 bits per heavy atom. The molecule has 0 saturated carbocycles. The number of rotatable bonds is 11. The van der Waals surface area contributed by atoms with E-state index in [-0.39, 0.29) is 18.9 Å². The molecule has 9 nitrogen and oxygen atoms in total. The van der Waals surface area contributed by atoms with E-state index in [9.17, 15) is 13.9 Å². The van der Waals surface area contributed by atoms with Crippen LogP contribution < -0.4 is 19.5 Å². The second-order valence-electron chi connectivity index (χ2n) is 9.58. The molecule has 4 aromatic rings. The Morgan fingerprint density at radius 2 is 1.80 bits per heavy atom. The van der Waals surface area contributed by atoms with Gasteiger partial charge in [-0.1, -0.05) is 0 Å². The smallest absolute Gasteiger partial charge is 0.303 e. The molecule has 4 rings (SSSR count). The fourth-order valence-electron chi connectivity index (χ4n) is 3.99. The van der Waals surface area contributed by atoms with Crippen LogP contribution in [0.1, 0.15) is 43.9 Å². The molecule has 0 aliphatic heterocycles. The Kier molecular flexibility index (Phi) is 8.29. The highest BCUT2D eigenvalue weighted by molar-refractivity contribution is 5.92. The van der Waals surface area contributed by atoms with Crippen LogP contribution in [0.3, 0.4) is 0 Å². The standard InChI is InChI=1S/C28H30F3N5O4/c1-16(25-24(29)20(8-10-33-25)28(30,31)27(3,4)37)34-26-19-13-23(22(38-5)14-21(19)35-17(2)36-26)40-12-11-39-18-7-6-9-32-15-18/h6-10,13-16,37H,11-12H2,1-5H3,(H,34,35,36)/t16-/m1/s1. The number of aliphatic hydroxyl groups is 1. The summed E-state index contributed by atoms with van der Waals surface area (Å²) < 4.78 is 61.9. The van der Waals surface area contributed by atoms with E-state index < -0.39 is 28.9 Å². The first-order valence-corrected chi connectivity index (χ1v) is 12.5. The Bertz CT molecular complexity index is 1480. The SMILES string of the molecule is COc1cc2nc(C)nc(N[C@H](C)c3nccc(C(F)(F)C(C)(C)O)c3F)c2cc1OCCOc1cccnc1. The van der Waals surface area contributed by atoms with E-state index in [0.717, 1.165) is 26.1 Å². The number of hydrogen-bond donors (Lipinski definition) is 2. The predicted octanol–water partition coefficient (Wildman–Crippen LogP) is 5.37. The molecule has 0 unspecified atom stereocenters. The van der Waals surface area contributed by atoms with Crippen LogP contribution in [-0.4, -0.2) is 51.0 Å². The number of methoxy groups -OCH3 is 1. The first kappa shape index (κ1) is 28.8. The van der Waals surface area contributed by atoms with Gasteiger partial charge in [-0.05, 0) is 52.0 Å². The molecule has 40 heavy (non-hydrogen) atoms. The average molecular weight is 558 g/mol. The van der Waals surface area contributed by atoms with Crippen LogP contribution in [-0.2, 0) is 5.92 Å². The second kappa shape index (κ2) is 11.5. The van der Waals surface area contributed by atoms with Crippen LogP contribution in [0, 0.1) is 12.7 Å². The molecule has 0 spiro atoms. The summed E-state index contributed by atoms with van der Waals surface area (Å²) in [6.45, 7) is 5.53. The summed E-state index contributed by atoms with van der Waals surface area (Å²) in [6.07, 6.45) is 4.32. The summed E-state index contributed by atoms with van der Waals surface area (Å²) in [6, 6.07) is 6.88. The van der Waals surface area contributed by atoms with Crippen LogP contribution >= 0.6 is 0 Å². The van der Waals surface area contributed by atoms with Gasteiger partial charge in [0.15, 0.2) is 17.3 Å². The molecule has 0 fully saturated rings. The lowest BCUT2D eigenvalue weighted by Gasteiger charge is -2.30. The van der Waals surface area contributed by atoms with Gasteiger partial charge in [0.05, 0.1) is 36.1 Å². The van der Waals surface area contributed by atoms with E-state index >= 15 is 4.39 Å². The zero-order chi connectivity index (χ0) is 29.1. The number of alkyl halides is 2. The number of hydrogen-bond acceptors (Lipinski definition) is 9. The van der Waals surface area contributed by atoms with Crippen LogP contribution in [0.4, 0.5) is 19.0 Å². The van der Waals surface area contributed by atoms with Crippen molar-refractivity contribution < 1.29 is 32.5 Å². The largest absolute Gasteiger partial charge is 0.493 e. The highest BCUT2D eigenvalue weighted by Crippen LogP contribution is 2.41. The maximum absolute atomic E-state index is 15.3. The molecule has 1 atom stereocenters. The third-order valence-electron chi connectivity index (χ3n) is 6.12. The van der Waals surface area contributed by atoms with Gasteiger partial charge in [-0.15, -0.1) is 0 Å². The maximum atomic E-state index is 15.3. The van der Waals surface area contributed by atoms with E-state index in [2.05, 4.69) is 25.3 Å². The molecule has 0 aliphatic rings. The van der Waals surface area contributed by atoms with Crippen molar-refractivity contribution in [2.75, 3.05) is 25.6 Å².